The maximum absolute atomic E-state index is 11.7. The number of rotatable bonds is 3. The molecule has 0 aromatic carbocycles. The van der Waals surface area contributed by atoms with Crippen molar-refractivity contribution in [1.82, 2.24) is 4.31 Å². The third-order valence-electron chi connectivity index (χ3n) is 2.61. The fourth-order valence-corrected chi connectivity index (χ4v) is 3.07. The largest absolute Gasteiger partial charge is 0.375 e. The molecule has 2 atom stereocenters. The average Bonchev–Trinajstić information content (AvgIpc) is 2.18. The summed E-state index contributed by atoms with van der Waals surface area (Å²) in [6.07, 6.45) is 0.825. The molecular weight excluding hydrogens is 202 g/mol. The number of morpholine rings is 1. The van der Waals surface area contributed by atoms with Crippen molar-refractivity contribution in [2.24, 2.45) is 0 Å². The van der Waals surface area contributed by atoms with Gasteiger partial charge >= 0.3 is 0 Å². The Labute approximate surface area is 86.3 Å². The summed E-state index contributed by atoms with van der Waals surface area (Å²) < 4.78 is 30.5. The number of hydrogen-bond donors (Lipinski definition) is 0. The second kappa shape index (κ2) is 4.59. The van der Waals surface area contributed by atoms with E-state index in [-0.39, 0.29) is 17.9 Å². The van der Waals surface area contributed by atoms with Crippen LogP contribution in [-0.4, -0.2) is 43.8 Å². The Morgan fingerprint density at radius 3 is 2.57 bits per heavy atom. The third kappa shape index (κ3) is 2.46. The van der Waals surface area contributed by atoms with Gasteiger partial charge in [-0.05, 0) is 20.3 Å². The van der Waals surface area contributed by atoms with Crippen LogP contribution in [0.25, 0.3) is 0 Å². The predicted octanol–water partition coefficient (Wildman–Crippen LogP) is 0.835. The van der Waals surface area contributed by atoms with Crippen LogP contribution in [0.15, 0.2) is 0 Å². The molecule has 0 amide bonds. The monoisotopic (exact) mass is 221 g/mol. The molecule has 0 spiro atoms. The van der Waals surface area contributed by atoms with E-state index in [1.165, 1.54) is 0 Å². The molecule has 1 saturated heterocycles. The van der Waals surface area contributed by atoms with Crippen molar-refractivity contribution in [2.75, 3.05) is 18.9 Å². The van der Waals surface area contributed by atoms with E-state index < -0.39 is 10.0 Å². The minimum atomic E-state index is -3.06. The molecule has 14 heavy (non-hydrogen) atoms. The van der Waals surface area contributed by atoms with Gasteiger partial charge in [0.2, 0.25) is 10.0 Å². The highest BCUT2D eigenvalue weighted by Gasteiger charge is 2.33. The summed E-state index contributed by atoms with van der Waals surface area (Å²) in [5, 5.41) is 0. The summed E-state index contributed by atoms with van der Waals surface area (Å²) in [5.74, 6) is 0.177. The van der Waals surface area contributed by atoms with Crippen LogP contribution < -0.4 is 0 Å². The van der Waals surface area contributed by atoms with Gasteiger partial charge in [0, 0.05) is 12.6 Å². The molecule has 0 radical (unpaired) electrons. The zero-order chi connectivity index (χ0) is 10.8. The fraction of sp³-hybridized carbons (Fsp3) is 1.00. The van der Waals surface area contributed by atoms with Gasteiger partial charge in [0.1, 0.15) is 0 Å². The molecule has 1 aliphatic rings. The molecule has 84 valence electrons. The molecule has 0 bridgehead atoms. The quantitative estimate of drug-likeness (QED) is 0.709. The summed E-state index contributed by atoms with van der Waals surface area (Å²) in [4.78, 5) is 0. The Balaban J connectivity index is 2.81. The van der Waals surface area contributed by atoms with Crippen LogP contribution in [-0.2, 0) is 14.8 Å². The second-order valence-electron chi connectivity index (χ2n) is 3.68. The van der Waals surface area contributed by atoms with Gasteiger partial charge < -0.3 is 4.74 Å². The lowest BCUT2D eigenvalue weighted by Crippen LogP contribution is -2.51. The molecule has 0 aromatic rings. The van der Waals surface area contributed by atoms with Crippen molar-refractivity contribution in [3.8, 4) is 0 Å². The zero-order valence-electron chi connectivity index (χ0n) is 9.06. The Morgan fingerprint density at radius 2 is 2.07 bits per heavy atom. The van der Waals surface area contributed by atoms with Gasteiger partial charge in [-0.3, -0.25) is 0 Å². The maximum Gasteiger partial charge on any atom is 0.214 e. The van der Waals surface area contributed by atoms with Crippen LogP contribution in [0.3, 0.4) is 0 Å². The number of nitrogens with zero attached hydrogens (tertiary/aromatic N) is 1. The Hall–Kier alpha value is -0.130. The SMILES string of the molecule is CCC1COC(C)CN1S(=O)(=O)CC. The molecule has 0 aromatic heterocycles. The van der Waals surface area contributed by atoms with E-state index in [1.54, 1.807) is 11.2 Å². The molecule has 2 unspecified atom stereocenters. The first kappa shape index (κ1) is 11.9. The topological polar surface area (TPSA) is 46.6 Å². The molecule has 4 nitrogen and oxygen atoms in total. The van der Waals surface area contributed by atoms with E-state index in [0.717, 1.165) is 6.42 Å². The predicted molar refractivity (Wildman–Crippen MR) is 55.7 cm³/mol. The number of ether oxygens (including phenoxy) is 1. The van der Waals surface area contributed by atoms with Gasteiger partial charge in [0.15, 0.2) is 0 Å². The van der Waals surface area contributed by atoms with Gasteiger partial charge in [0.05, 0.1) is 18.5 Å². The summed E-state index contributed by atoms with van der Waals surface area (Å²) in [5.41, 5.74) is 0. The van der Waals surface area contributed by atoms with E-state index >= 15 is 0 Å². The maximum atomic E-state index is 11.7. The Bertz CT molecular complexity index is 276. The van der Waals surface area contributed by atoms with E-state index in [0.29, 0.717) is 13.2 Å². The molecule has 1 heterocycles. The smallest absolute Gasteiger partial charge is 0.214 e. The first-order valence-corrected chi connectivity index (χ1v) is 6.73. The lowest BCUT2D eigenvalue weighted by Gasteiger charge is -2.36. The van der Waals surface area contributed by atoms with Crippen molar-refractivity contribution >= 4 is 10.0 Å². The van der Waals surface area contributed by atoms with Crippen molar-refractivity contribution < 1.29 is 13.2 Å². The lowest BCUT2D eigenvalue weighted by molar-refractivity contribution is -0.0229. The van der Waals surface area contributed by atoms with E-state index in [4.69, 9.17) is 4.74 Å². The summed E-state index contributed by atoms with van der Waals surface area (Å²) in [7, 11) is -3.06. The standard InChI is InChI=1S/C9H19NO3S/c1-4-9-7-13-8(3)6-10(9)14(11,12)5-2/h8-9H,4-7H2,1-3H3. The normalized spacial score (nSPS) is 30.5. The van der Waals surface area contributed by atoms with Crippen molar-refractivity contribution in [3.05, 3.63) is 0 Å². The number of hydrogen-bond acceptors (Lipinski definition) is 3. The van der Waals surface area contributed by atoms with E-state index in [9.17, 15) is 8.42 Å². The van der Waals surface area contributed by atoms with Gasteiger partial charge in [-0.15, -0.1) is 0 Å². The zero-order valence-corrected chi connectivity index (χ0v) is 9.88. The molecule has 5 heteroatoms. The lowest BCUT2D eigenvalue weighted by atomic mass is 10.2. The van der Waals surface area contributed by atoms with Gasteiger partial charge in [0.25, 0.3) is 0 Å². The molecule has 0 aliphatic carbocycles. The van der Waals surface area contributed by atoms with Gasteiger partial charge in [-0.25, -0.2) is 8.42 Å². The summed E-state index contributed by atoms with van der Waals surface area (Å²) >= 11 is 0. The molecule has 0 saturated carbocycles. The van der Waals surface area contributed by atoms with Crippen molar-refractivity contribution in [3.63, 3.8) is 0 Å². The Kier molecular flexibility index (Phi) is 3.92. The van der Waals surface area contributed by atoms with Crippen LogP contribution in [0.2, 0.25) is 0 Å². The molecular formula is C9H19NO3S. The highest BCUT2D eigenvalue weighted by Crippen LogP contribution is 2.18. The van der Waals surface area contributed by atoms with Gasteiger partial charge in [-0.1, -0.05) is 6.92 Å². The van der Waals surface area contributed by atoms with Crippen LogP contribution >= 0.6 is 0 Å². The number of sulfonamides is 1. The molecule has 1 rings (SSSR count). The fourth-order valence-electron chi connectivity index (χ4n) is 1.64. The molecule has 1 aliphatic heterocycles. The van der Waals surface area contributed by atoms with Crippen LogP contribution in [0.1, 0.15) is 27.2 Å². The highest BCUT2D eigenvalue weighted by molar-refractivity contribution is 7.89. The highest BCUT2D eigenvalue weighted by atomic mass is 32.2. The Morgan fingerprint density at radius 1 is 1.43 bits per heavy atom. The van der Waals surface area contributed by atoms with Gasteiger partial charge in [-0.2, -0.15) is 4.31 Å². The first-order chi connectivity index (χ1) is 6.51. The molecule has 0 N–H and O–H groups in total. The van der Waals surface area contributed by atoms with E-state index in [1.807, 2.05) is 13.8 Å². The molecule has 1 fully saturated rings. The third-order valence-corrected chi connectivity index (χ3v) is 4.50. The van der Waals surface area contributed by atoms with Crippen LogP contribution in [0, 0.1) is 0 Å². The van der Waals surface area contributed by atoms with Crippen LogP contribution in [0.5, 0.6) is 0 Å². The summed E-state index contributed by atoms with van der Waals surface area (Å²) in [6.45, 7) is 6.60. The van der Waals surface area contributed by atoms with Crippen molar-refractivity contribution in [1.29, 1.82) is 0 Å². The van der Waals surface area contributed by atoms with Crippen molar-refractivity contribution in [2.45, 2.75) is 39.3 Å². The minimum absolute atomic E-state index is 0.0131. The van der Waals surface area contributed by atoms with E-state index in [2.05, 4.69) is 0 Å². The second-order valence-corrected chi connectivity index (χ2v) is 5.89. The van der Waals surface area contributed by atoms with Crippen LogP contribution in [0.4, 0.5) is 0 Å². The average molecular weight is 221 g/mol. The first-order valence-electron chi connectivity index (χ1n) is 5.12. The minimum Gasteiger partial charge on any atom is -0.375 e. The summed E-state index contributed by atoms with van der Waals surface area (Å²) in [6, 6.07) is 0.0242.